The van der Waals surface area contributed by atoms with E-state index in [1.54, 1.807) is 0 Å². The van der Waals surface area contributed by atoms with E-state index in [1.165, 1.54) is 12.1 Å². The van der Waals surface area contributed by atoms with Crippen molar-refractivity contribution in [1.29, 1.82) is 0 Å². The topological polar surface area (TPSA) is 38.7 Å². The predicted octanol–water partition coefficient (Wildman–Crippen LogP) is 3.52. The Hall–Kier alpha value is -0.590. The van der Waals surface area contributed by atoms with Gasteiger partial charge in [-0.25, -0.2) is 0 Å². The summed E-state index contributed by atoms with van der Waals surface area (Å²) in [5, 5.41) is 9.64. The average molecular weight is 344 g/mol. The molecule has 2 rings (SSSR count). The van der Waals surface area contributed by atoms with E-state index in [9.17, 15) is 13.9 Å². The molecule has 0 radical (unpaired) electrons. The van der Waals surface area contributed by atoms with Crippen LogP contribution >= 0.6 is 27.5 Å². The van der Waals surface area contributed by atoms with Crippen LogP contribution in [0.25, 0.3) is 0 Å². The van der Waals surface area contributed by atoms with E-state index in [1.807, 2.05) is 0 Å². The maximum atomic E-state index is 13.0. The SMILES string of the molecule is OC(c1cc(Cl)c2c(c1)OCCCO2)C(F)(F)Br. The summed E-state index contributed by atoms with van der Waals surface area (Å²) >= 11 is 8.06. The molecule has 0 aliphatic carbocycles. The van der Waals surface area contributed by atoms with Crippen molar-refractivity contribution in [3.8, 4) is 11.5 Å². The van der Waals surface area contributed by atoms with Gasteiger partial charge in [-0.05, 0) is 33.6 Å². The van der Waals surface area contributed by atoms with Gasteiger partial charge in [-0.1, -0.05) is 11.6 Å². The zero-order chi connectivity index (χ0) is 13.3. The molecule has 0 bridgehead atoms. The highest BCUT2D eigenvalue weighted by molar-refractivity contribution is 9.10. The van der Waals surface area contributed by atoms with Gasteiger partial charge >= 0.3 is 4.83 Å². The van der Waals surface area contributed by atoms with Crippen LogP contribution < -0.4 is 9.47 Å². The molecule has 3 nitrogen and oxygen atoms in total. The average Bonchev–Trinajstić information content (AvgIpc) is 2.52. The van der Waals surface area contributed by atoms with Gasteiger partial charge in [-0.2, -0.15) is 8.78 Å². The number of halogens is 4. The lowest BCUT2D eigenvalue weighted by Gasteiger charge is -2.19. The molecule has 1 unspecified atom stereocenters. The number of aliphatic hydroxyl groups is 1. The summed E-state index contributed by atoms with van der Waals surface area (Å²) < 4.78 is 36.7. The van der Waals surface area contributed by atoms with Crippen molar-refractivity contribution >= 4 is 27.5 Å². The third-order valence-electron chi connectivity index (χ3n) is 2.45. The third kappa shape index (κ3) is 2.87. The van der Waals surface area contributed by atoms with Gasteiger partial charge in [0.15, 0.2) is 17.6 Å². The number of fused-ring (bicyclic) bond motifs is 1. The Kier molecular flexibility index (Phi) is 3.99. The molecule has 0 saturated carbocycles. The number of aliphatic hydroxyl groups excluding tert-OH is 1. The molecule has 7 heteroatoms. The summed E-state index contributed by atoms with van der Waals surface area (Å²) in [6.45, 7) is 0.858. The van der Waals surface area contributed by atoms with Crippen LogP contribution in [0.3, 0.4) is 0 Å². The Bertz CT molecular complexity index is 451. The fraction of sp³-hybridized carbons (Fsp3) is 0.455. The first-order chi connectivity index (χ1) is 8.39. The van der Waals surface area contributed by atoms with Crippen LogP contribution in [-0.2, 0) is 0 Å². The molecule has 0 saturated heterocycles. The van der Waals surface area contributed by atoms with Gasteiger partial charge < -0.3 is 14.6 Å². The molecular formula is C11H10BrClF2O3. The first-order valence-corrected chi connectivity index (χ1v) is 6.40. The maximum absolute atomic E-state index is 13.0. The number of alkyl halides is 3. The van der Waals surface area contributed by atoms with Crippen LogP contribution in [0, 0.1) is 0 Å². The molecule has 1 aliphatic rings. The first-order valence-electron chi connectivity index (χ1n) is 5.23. The zero-order valence-corrected chi connectivity index (χ0v) is 11.5. The minimum absolute atomic E-state index is 0.0360. The fourth-order valence-corrected chi connectivity index (χ4v) is 2.14. The smallest absolute Gasteiger partial charge is 0.330 e. The number of hydrogen-bond acceptors (Lipinski definition) is 3. The van der Waals surface area contributed by atoms with E-state index in [2.05, 4.69) is 15.9 Å². The van der Waals surface area contributed by atoms with E-state index in [0.717, 1.165) is 0 Å². The Balaban J connectivity index is 2.40. The van der Waals surface area contributed by atoms with Gasteiger partial charge in [-0.15, -0.1) is 0 Å². The number of ether oxygens (including phenoxy) is 2. The van der Waals surface area contributed by atoms with Crippen LogP contribution in [0.1, 0.15) is 18.1 Å². The van der Waals surface area contributed by atoms with Crippen molar-refractivity contribution in [2.75, 3.05) is 13.2 Å². The van der Waals surface area contributed by atoms with Crippen molar-refractivity contribution in [2.45, 2.75) is 17.4 Å². The van der Waals surface area contributed by atoms with Gasteiger partial charge in [-0.3, -0.25) is 0 Å². The monoisotopic (exact) mass is 342 g/mol. The van der Waals surface area contributed by atoms with Crippen molar-refractivity contribution in [3.63, 3.8) is 0 Å². The molecular weight excluding hydrogens is 333 g/mol. The molecule has 0 aromatic heterocycles. The van der Waals surface area contributed by atoms with Gasteiger partial charge in [0.1, 0.15) is 0 Å². The highest BCUT2D eigenvalue weighted by Crippen LogP contribution is 2.43. The number of hydrogen-bond donors (Lipinski definition) is 1. The summed E-state index contributed by atoms with van der Waals surface area (Å²) in [4.78, 5) is -3.43. The van der Waals surface area contributed by atoms with E-state index in [-0.39, 0.29) is 16.3 Å². The molecule has 18 heavy (non-hydrogen) atoms. The molecule has 100 valence electrons. The van der Waals surface area contributed by atoms with Gasteiger partial charge in [0.05, 0.1) is 18.2 Å². The summed E-state index contributed by atoms with van der Waals surface area (Å²) in [5.41, 5.74) is -0.0360. The van der Waals surface area contributed by atoms with Gasteiger partial charge in [0.25, 0.3) is 0 Å². The van der Waals surface area contributed by atoms with Crippen molar-refractivity contribution in [2.24, 2.45) is 0 Å². The van der Waals surface area contributed by atoms with Crippen LogP contribution in [0.4, 0.5) is 8.78 Å². The first kappa shape index (κ1) is 13.8. The summed E-state index contributed by atoms with van der Waals surface area (Å²) in [5.74, 6) is 0.591. The predicted molar refractivity (Wildman–Crippen MR) is 65.9 cm³/mol. The Morgan fingerprint density at radius 2 is 2.00 bits per heavy atom. The molecule has 1 N–H and O–H groups in total. The summed E-state index contributed by atoms with van der Waals surface area (Å²) in [7, 11) is 0. The second-order valence-electron chi connectivity index (χ2n) is 3.82. The zero-order valence-electron chi connectivity index (χ0n) is 9.13. The molecule has 0 fully saturated rings. The molecule has 0 spiro atoms. The van der Waals surface area contributed by atoms with E-state index < -0.39 is 10.9 Å². The summed E-state index contributed by atoms with van der Waals surface area (Å²) in [6, 6.07) is 2.56. The van der Waals surface area contributed by atoms with Crippen LogP contribution in [0.5, 0.6) is 11.5 Å². The van der Waals surface area contributed by atoms with E-state index in [0.29, 0.717) is 25.4 Å². The molecule has 1 atom stereocenters. The number of benzene rings is 1. The lowest BCUT2D eigenvalue weighted by atomic mass is 10.1. The normalized spacial score (nSPS) is 17.2. The lowest BCUT2D eigenvalue weighted by Crippen LogP contribution is -2.18. The van der Waals surface area contributed by atoms with Gasteiger partial charge in [0, 0.05) is 6.42 Å². The standard InChI is InChI=1S/C11H10BrClF2O3/c12-11(14,15)10(16)6-4-7(13)9-8(5-6)17-2-1-3-18-9/h4-5,10,16H,1-3H2. The van der Waals surface area contributed by atoms with Crippen LogP contribution in [0.15, 0.2) is 12.1 Å². The summed E-state index contributed by atoms with van der Waals surface area (Å²) in [6.07, 6.45) is -1.33. The van der Waals surface area contributed by atoms with E-state index >= 15 is 0 Å². The molecule has 1 aliphatic heterocycles. The molecule has 1 aromatic carbocycles. The minimum atomic E-state index is -3.43. The van der Waals surface area contributed by atoms with Gasteiger partial charge in [0.2, 0.25) is 0 Å². The highest BCUT2D eigenvalue weighted by Gasteiger charge is 2.37. The molecule has 1 aromatic rings. The Labute approximate surface area is 116 Å². The number of rotatable bonds is 2. The minimum Gasteiger partial charge on any atom is -0.489 e. The van der Waals surface area contributed by atoms with Crippen LogP contribution in [0.2, 0.25) is 5.02 Å². The maximum Gasteiger partial charge on any atom is 0.330 e. The second kappa shape index (κ2) is 5.19. The third-order valence-corrected chi connectivity index (χ3v) is 3.16. The molecule has 0 amide bonds. The van der Waals surface area contributed by atoms with Crippen molar-refractivity contribution in [3.05, 3.63) is 22.7 Å². The molecule has 1 heterocycles. The van der Waals surface area contributed by atoms with Crippen molar-refractivity contribution in [1.82, 2.24) is 0 Å². The van der Waals surface area contributed by atoms with E-state index in [4.69, 9.17) is 21.1 Å². The second-order valence-corrected chi connectivity index (χ2v) is 5.29. The van der Waals surface area contributed by atoms with Crippen LogP contribution in [-0.4, -0.2) is 23.2 Å². The van der Waals surface area contributed by atoms with Crippen molar-refractivity contribution < 1.29 is 23.4 Å². The Morgan fingerprint density at radius 1 is 1.33 bits per heavy atom. The highest BCUT2D eigenvalue weighted by atomic mass is 79.9. The quantitative estimate of drug-likeness (QED) is 0.835. The largest absolute Gasteiger partial charge is 0.489 e. The fourth-order valence-electron chi connectivity index (χ4n) is 1.60. The Morgan fingerprint density at radius 3 is 2.67 bits per heavy atom. The lowest BCUT2D eigenvalue weighted by molar-refractivity contribution is -0.0295.